The fourth-order valence-corrected chi connectivity index (χ4v) is 5.65. The molecule has 0 spiro atoms. The van der Waals surface area contributed by atoms with Crippen molar-refractivity contribution in [1.82, 2.24) is 10.6 Å². The topological polar surface area (TPSA) is 123 Å². The fraction of sp³-hybridized carbons (Fsp3) is 0.410. The third-order valence-electron chi connectivity index (χ3n) is 8.28. The van der Waals surface area contributed by atoms with Gasteiger partial charge < -0.3 is 30.0 Å². The van der Waals surface area contributed by atoms with E-state index in [9.17, 15) is 19.5 Å². The minimum absolute atomic E-state index is 0.189. The van der Waals surface area contributed by atoms with Crippen molar-refractivity contribution in [2.24, 2.45) is 0 Å². The molecule has 0 heterocycles. The number of benzene rings is 4. The third kappa shape index (κ3) is 12.0. The maximum absolute atomic E-state index is 13.2. The Hall–Kier alpha value is -4.31. The summed E-state index contributed by atoms with van der Waals surface area (Å²) < 4.78 is 16.2. The van der Waals surface area contributed by atoms with Crippen LogP contribution in [0, 0.1) is 0 Å². The summed E-state index contributed by atoms with van der Waals surface area (Å²) >= 11 is 0. The Morgan fingerprint density at radius 2 is 1.21 bits per heavy atom. The van der Waals surface area contributed by atoms with Crippen LogP contribution in [0.4, 0.5) is 0 Å². The lowest BCUT2D eigenvalue weighted by Gasteiger charge is -2.24. The number of carboxylic acid groups (broad SMARTS) is 1. The lowest BCUT2D eigenvalue weighted by atomic mass is 10.0. The van der Waals surface area contributed by atoms with Crippen molar-refractivity contribution < 1.29 is 33.7 Å². The Bertz CT molecular complexity index is 1610. The third-order valence-corrected chi connectivity index (χ3v) is 8.28. The van der Waals surface area contributed by atoms with Crippen molar-refractivity contribution in [3.8, 4) is 0 Å². The van der Waals surface area contributed by atoms with Gasteiger partial charge in [-0.1, -0.05) is 97.8 Å². The fourth-order valence-electron chi connectivity index (χ4n) is 5.65. The summed E-state index contributed by atoms with van der Waals surface area (Å²) in [7, 11) is 1.51. The quantitative estimate of drug-likeness (QED) is 0.0907. The number of hydrogen-bond acceptors (Lipinski definition) is 6. The van der Waals surface area contributed by atoms with Gasteiger partial charge in [0.2, 0.25) is 5.91 Å². The number of aryl methyl sites for hydroxylation is 2. The highest BCUT2D eigenvalue weighted by Gasteiger charge is 2.36. The van der Waals surface area contributed by atoms with E-state index in [1.807, 2.05) is 24.3 Å². The zero-order valence-corrected chi connectivity index (χ0v) is 27.8. The maximum atomic E-state index is 13.2. The Morgan fingerprint density at radius 1 is 0.625 bits per heavy atom. The molecule has 2 atom stereocenters. The molecular weight excluding hydrogens is 608 g/mol. The Balaban J connectivity index is 1.23. The van der Waals surface area contributed by atoms with Gasteiger partial charge in [-0.25, -0.2) is 4.79 Å². The first-order valence-corrected chi connectivity index (χ1v) is 16.9. The number of fused-ring (bicyclic) bond motifs is 2. The first kappa shape index (κ1) is 36.5. The predicted octanol–water partition coefficient (Wildman–Crippen LogP) is 5.85. The average molecular weight is 657 g/mol. The summed E-state index contributed by atoms with van der Waals surface area (Å²) in [6.45, 7) is 0.622. The van der Waals surface area contributed by atoms with E-state index in [1.54, 1.807) is 0 Å². The molecule has 0 aliphatic heterocycles. The predicted molar refractivity (Wildman–Crippen MR) is 188 cm³/mol. The molecular formula is C39H48N2O7. The summed E-state index contributed by atoms with van der Waals surface area (Å²) in [4.78, 5) is 37.6. The number of rotatable bonds is 22. The molecule has 0 bridgehead atoms. The number of aliphatic carboxylic acids is 1. The smallest absolute Gasteiger partial charge is 0.336 e. The summed E-state index contributed by atoms with van der Waals surface area (Å²) in [5.41, 5.74) is 2.53. The van der Waals surface area contributed by atoms with Crippen molar-refractivity contribution in [3.63, 3.8) is 0 Å². The van der Waals surface area contributed by atoms with E-state index in [1.165, 1.54) is 39.8 Å². The molecule has 256 valence electrons. The second-order valence-corrected chi connectivity index (χ2v) is 12.0. The molecule has 0 aliphatic rings. The van der Waals surface area contributed by atoms with E-state index in [0.717, 1.165) is 44.9 Å². The lowest BCUT2D eigenvalue weighted by molar-refractivity contribution is -0.170. The van der Waals surface area contributed by atoms with Crippen LogP contribution in [0.25, 0.3) is 21.5 Å². The van der Waals surface area contributed by atoms with Crippen LogP contribution in [0.15, 0.2) is 84.9 Å². The highest BCUT2D eigenvalue weighted by atomic mass is 16.6. The van der Waals surface area contributed by atoms with E-state index in [2.05, 4.69) is 71.3 Å². The van der Waals surface area contributed by atoms with Crippen molar-refractivity contribution in [3.05, 3.63) is 96.1 Å². The SMILES string of the molecule is COCCNC(=O)COC(C(=O)O)C(OCCCCCc1ccc2ccccc2c1)C(=O)NCCCCCc1ccc2ccccc2c1. The molecule has 3 N–H and O–H groups in total. The molecule has 0 radical (unpaired) electrons. The lowest BCUT2D eigenvalue weighted by Crippen LogP contribution is -2.50. The van der Waals surface area contributed by atoms with Gasteiger partial charge in [-0.05, 0) is 71.2 Å². The van der Waals surface area contributed by atoms with Gasteiger partial charge in [-0.15, -0.1) is 0 Å². The molecule has 0 aliphatic carbocycles. The second kappa shape index (κ2) is 20.1. The Morgan fingerprint density at radius 3 is 1.79 bits per heavy atom. The Labute approximate surface area is 283 Å². The van der Waals surface area contributed by atoms with Crippen molar-refractivity contribution >= 4 is 39.3 Å². The molecule has 0 saturated carbocycles. The molecule has 2 amide bonds. The maximum Gasteiger partial charge on any atom is 0.336 e. The standard InChI is InChI=1S/C39H48N2O7/c1-46-25-23-40-35(42)28-48-37(39(44)45)36(47-24-11-3-5-13-30-19-21-32-15-7-9-17-34(32)27-30)38(43)41-22-10-2-4-12-29-18-20-31-14-6-8-16-33(31)26-29/h6-9,14-21,26-27,36-37H,2-5,10-13,22-25,28H2,1H3,(H,40,42)(H,41,43)(H,44,45). The van der Waals surface area contributed by atoms with Crippen LogP contribution in [0.3, 0.4) is 0 Å². The number of nitrogens with one attached hydrogen (secondary N) is 2. The number of carboxylic acids is 1. The highest BCUT2D eigenvalue weighted by Crippen LogP contribution is 2.19. The summed E-state index contributed by atoms with van der Waals surface area (Å²) in [6.07, 6.45) is 3.84. The average Bonchev–Trinajstić information content (AvgIpc) is 3.10. The molecule has 0 saturated heterocycles. The molecule has 48 heavy (non-hydrogen) atoms. The molecule has 4 rings (SSSR count). The molecule has 2 unspecified atom stereocenters. The van der Waals surface area contributed by atoms with E-state index in [0.29, 0.717) is 19.6 Å². The largest absolute Gasteiger partial charge is 0.479 e. The second-order valence-electron chi connectivity index (χ2n) is 12.0. The van der Waals surface area contributed by atoms with Gasteiger partial charge >= 0.3 is 5.97 Å². The Kier molecular flexibility index (Phi) is 15.3. The molecule has 9 nitrogen and oxygen atoms in total. The normalized spacial score (nSPS) is 12.5. The molecule has 0 fully saturated rings. The van der Waals surface area contributed by atoms with Gasteiger partial charge in [-0.3, -0.25) is 9.59 Å². The number of unbranched alkanes of at least 4 members (excludes halogenated alkanes) is 4. The van der Waals surface area contributed by atoms with Gasteiger partial charge in [0.25, 0.3) is 5.91 Å². The van der Waals surface area contributed by atoms with E-state index >= 15 is 0 Å². The zero-order valence-electron chi connectivity index (χ0n) is 27.8. The van der Waals surface area contributed by atoms with E-state index in [4.69, 9.17) is 14.2 Å². The van der Waals surface area contributed by atoms with Crippen LogP contribution in [-0.4, -0.2) is 75.1 Å². The van der Waals surface area contributed by atoms with Crippen LogP contribution in [-0.2, 0) is 41.4 Å². The zero-order chi connectivity index (χ0) is 34.0. The van der Waals surface area contributed by atoms with Gasteiger partial charge in [0.15, 0.2) is 12.2 Å². The first-order chi connectivity index (χ1) is 23.4. The molecule has 4 aromatic carbocycles. The van der Waals surface area contributed by atoms with Gasteiger partial charge in [0, 0.05) is 26.8 Å². The number of methoxy groups -OCH3 is 1. The van der Waals surface area contributed by atoms with Gasteiger partial charge in [0.05, 0.1) is 6.61 Å². The van der Waals surface area contributed by atoms with Crippen LogP contribution in [0.5, 0.6) is 0 Å². The molecule has 0 aromatic heterocycles. The monoisotopic (exact) mass is 656 g/mol. The van der Waals surface area contributed by atoms with Crippen molar-refractivity contribution in [2.75, 3.05) is 40.0 Å². The number of carbonyl (C=O) groups is 3. The minimum Gasteiger partial charge on any atom is -0.479 e. The first-order valence-electron chi connectivity index (χ1n) is 16.9. The van der Waals surface area contributed by atoms with E-state index in [-0.39, 0.29) is 13.2 Å². The highest BCUT2D eigenvalue weighted by molar-refractivity contribution is 5.88. The van der Waals surface area contributed by atoms with Gasteiger partial charge in [-0.2, -0.15) is 0 Å². The van der Waals surface area contributed by atoms with Crippen LogP contribution in [0.2, 0.25) is 0 Å². The number of hydrogen-bond donors (Lipinski definition) is 3. The number of amides is 2. The van der Waals surface area contributed by atoms with Crippen LogP contribution >= 0.6 is 0 Å². The number of carbonyl (C=O) groups excluding carboxylic acids is 2. The summed E-state index contributed by atoms with van der Waals surface area (Å²) in [5.74, 6) is -2.43. The summed E-state index contributed by atoms with van der Waals surface area (Å²) in [5, 5.41) is 20.2. The number of ether oxygens (including phenoxy) is 3. The van der Waals surface area contributed by atoms with Gasteiger partial charge in [0.1, 0.15) is 6.61 Å². The molecule has 4 aromatic rings. The van der Waals surface area contributed by atoms with Crippen molar-refractivity contribution in [1.29, 1.82) is 0 Å². The minimum atomic E-state index is -1.64. The van der Waals surface area contributed by atoms with E-state index < -0.39 is 36.6 Å². The molecule has 9 heteroatoms. The van der Waals surface area contributed by atoms with Crippen LogP contribution in [0.1, 0.15) is 49.7 Å². The van der Waals surface area contributed by atoms with Crippen molar-refractivity contribution in [2.45, 2.75) is 63.6 Å². The summed E-state index contributed by atoms with van der Waals surface area (Å²) in [6, 6.07) is 29.5. The van der Waals surface area contributed by atoms with Crippen LogP contribution < -0.4 is 10.6 Å².